The Hall–Kier alpha value is -1.61. The summed E-state index contributed by atoms with van der Waals surface area (Å²) in [7, 11) is 0. The van der Waals surface area contributed by atoms with Crippen molar-refractivity contribution in [2.24, 2.45) is 0 Å². The SMILES string of the molecule is C/C=C(/C)C(=O)Nc1ccc(CCO)cc1. The zero-order chi connectivity index (χ0) is 12.0. The van der Waals surface area contributed by atoms with E-state index in [9.17, 15) is 4.79 Å². The number of hydrogen-bond donors (Lipinski definition) is 2. The molecule has 0 heterocycles. The lowest BCUT2D eigenvalue weighted by molar-refractivity contribution is -0.112. The second kappa shape index (κ2) is 6.08. The van der Waals surface area contributed by atoms with E-state index in [2.05, 4.69) is 5.32 Å². The van der Waals surface area contributed by atoms with Gasteiger partial charge in [-0.3, -0.25) is 4.79 Å². The highest BCUT2D eigenvalue weighted by Gasteiger charge is 2.03. The van der Waals surface area contributed by atoms with Crippen LogP contribution >= 0.6 is 0 Å². The topological polar surface area (TPSA) is 49.3 Å². The van der Waals surface area contributed by atoms with Crippen molar-refractivity contribution in [1.29, 1.82) is 0 Å². The van der Waals surface area contributed by atoms with E-state index >= 15 is 0 Å². The van der Waals surface area contributed by atoms with Crippen molar-refractivity contribution in [3.05, 3.63) is 41.5 Å². The summed E-state index contributed by atoms with van der Waals surface area (Å²) in [6, 6.07) is 7.48. The van der Waals surface area contributed by atoms with Gasteiger partial charge in [-0.1, -0.05) is 18.2 Å². The van der Waals surface area contributed by atoms with Crippen molar-refractivity contribution in [3.8, 4) is 0 Å². The predicted molar refractivity (Wildman–Crippen MR) is 65.3 cm³/mol. The van der Waals surface area contributed by atoms with Crippen LogP contribution in [0.1, 0.15) is 19.4 Å². The highest BCUT2D eigenvalue weighted by atomic mass is 16.2. The lowest BCUT2D eigenvalue weighted by atomic mass is 10.1. The summed E-state index contributed by atoms with van der Waals surface area (Å²) in [5, 5.41) is 11.6. The summed E-state index contributed by atoms with van der Waals surface area (Å²) in [5.74, 6) is -0.0857. The second-order valence-electron chi connectivity index (χ2n) is 3.60. The van der Waals surface area contributed by atoms with Gasteiger partial charge in [0.05, 0.1) is 0 Å². The molecule has 0 bridgehead atoms. The highest BCUT2D eigenvalue weighted by Crippen LogP contribution is 2.11. The fourth-order valence-electron chi connectivity index (χ4n) is 1.24. The first-order valence-corrected chi connectivity index (χ1v) is 5.31. The Morgan fingerprint density at radius 1 is 1.38 bits per heavy atom. The van der Waals surface area contributed by atoms with Crippen molar-refractivity contribution in [2.75, 3.05) is 11.9 Å². The molecule has 0 atom stereocenters. The molecule has 2 N–H and O–H groups in total. The molecule has 0 fully saturated rings. The lowest BCUT2D eigenvalue weighted by Gasteiger charge is -2.06. The quantitative estimate of drug-likeness (QED) is 0.762. The summed E-state index contributed by atoms with van der Waals surface area (Å²) >= 11 is 0. The molecule has 86 valence electrons. The van der Waals surface area contributed by atoms with Gasteiger partial charge in [0, 0.05) is 17.9 Å². The van der Waals surface area contributed by atoms with Crippen molar-refractivity contribution in [1.82, 2.24) is 0 Å². The number of allylic oxidation sites excluding steroid dienone is 1. The number of benzene rings is 1. The van der Waals surface area contributed by atoms with E-state index in [-0.39, 0.29) is 12.5 Å². The Bertz CT molecular complexity index is 379. The van der Waals surface area contributed by atoms with E-state index in [0.29, 0.717) is 12.0 Å². The standard InChI is InChI=1S/C13H17NO2/c1-3-10(2)13(16)14-12-6-4-11(5-7-12)8-9-15/h3-7,15H,8-9H2,1-2H3,(H,14,16)/b10-3-. The van der Waals surface area contributed by atoms with Gasteiger partial charge in [0.1, 0.15) is 0 Å². The Kier molecular flexibility index (Phi) is 4.73. The van der Waals surface area contributed by atoms with E-state index in [1.807, 2.05) is 31.2 Å². The maximum atomic E-state index is 11.5. The normalized spacial score (nSPS) is 11.3. The van der Waals surface area contributed by atoms with Gasteiger partial charge in [-0.25, -0.2) is 0 Å². The number of hydrogen-bond acceptors (Lipinski definition) is 2. The molecule has 0 unspecified atom stereocenters. The van der Waals surface area contributed by atoms with Crippen LogP contribution in [0, 0.1) is 0 Å². The molecule has 0 radical (unpaired) electrons. The van der Waals surface area contributed by atoms with Gasteiger partial charge < -0.3 is 10.4 Å². The molecule has 16 heavy (non-hydrogen) atoms. The average Bonchev–Trinajstić information content (AvgIpc) is 2.31. The molecule has 0 aromatic heterocycles. The first-order valence-electron chi connectivity index (χ1n) is 5.31. The third kappa shape index (κ3) is 3.51. The number of rotatable bonds is 4. The third-order valence-corrected chi connectivity index (χ3v) is 2.40. The first kappa shape index (κ1) is 12.5. The van der Waals surface area contributed by atoms with Gasteiger partial charge in [0.15, 0.2) is 0 Å². The number of carbonyl (C=O) groups is 1. The zero-order valence-electron chi connectivity index (χ0n) is 9.66. The minimum absolute atomic E-state index is 0.0857. The van der Waals surface area contributed by atoms with Crippen LogP contribution in [-0.4, -0.2) is 17.6 Å². The molecule has 0 saturated heterocycles. The summed E-state index contributed by atoms with van der Waals surface area (Å²) in [4.78, 5) is 11.5. The van der Waals surface area contributed by atoms with Crippen LogP contribution in [0.5, 0.6) is 0 Å². The maximum absolute atomic E-state index is 11.5. The Morgan fingerprint density at radius 2 is 2.00 bits per heavy atom. The monoisotopic (exact) mass is 219 g/mol. The number of amides is 1. The van der Waals surface area contributed by atoms with Gasteiger partial charge in [0.25, 0.3) is 5.91 Å². The van der Waals surface area contributed by atoms with Crippen LogP contribution in [0.4, 0.5) is 5.69 Å². The van der Waals surface area contributed by atoms with Gasteiger partial charge in [-0.15, -0.1) is 0 Å². The minimum atomic E-state index is -0.0857. The number of carbonyl (C=O) groups excluding carboxylic acids is 1. The Morgan fingerprint density at radius 3 is 2.50 bits per heavy atom. The Balaban J connectivity index is 2.65. The molecule has 1 amide bonds. The van der Waals surface area contributed by atoms with Gasteiger partial charge in [0.2, 0.25) is 0 Å². The molecule has 1 rings (SSSR count). The van der Waals surface area contributed by atoms with E-state index in [4.69, 9.17) is 5.11 Å². The number of aliphatic hydroxyl groups is 1. The van der Waals surface area contributed by atoms with Crippen LogP contribution in [0.25, 0.3) is 0 Å². The van der Waals surface area contributed by atoms with E-state index in [0.717, 1.165) is 11.3 Å². The van der Waals surface area contributed by atoms with Gasteiger partial charge >= 0.3 is 0 Å². The molecule has 0 saturated carbocycles. The minimum Gasteiger partial charge on any atom is -0.396 e. The Labute approximate surface area is 95.8 Å². The molecular weight excluding hydrogens is 202 g/mol. The molecular formula is C13H17NO2. The number of aliphatic hydroxyl groups excluding tert-OH is 1. The van der Waals surface area contributed by atoms with Crippen LogP contribution in [0.15, 0.2) is 35.9 Å². The van der Waals surface area contributed by atoms with Gasteiger partial charge in [-0.05, 0) is 38.0 Å². The maximum Gasteiger partial charge on any atom is 0.250 e. The second-order valence-corrected chi connectivity index (χ2v) is 3.60. The molecule has 1 aromatic carbocycles. The van der Waals surface area contributed by atoms with Crippen LogP contribution in [0.3, 0.4) is 0 Å². The third-order valence-electron chi connectivity index (χ3n) is 2.40. The molecule has 0 aliphatic carbocycles. The summed E-state index contributed by atoms with van der Waals surface area (Å²) in [6.45, 7) is 3.75. The van der Waals surface area contributed by atoms with Crippen molar-refractivity contribution in [3.63, 3.8) is 0 Å². The molecule has 1 aromatic rings. The van der Waals surface area contributed by atoms with Crippen molar-refractivity contribution in [2.45, 2.75) is 20.3 Å². The number of nitrogens with one attached hydrogen (secondary N) is 1. The van der Waals surface area contributed by atoms with Crippen molar-refractivity contribution < 1.29 is 9.90 Å². The zero-order valence-corrected chi connectivity index (χ0v) is 9.66. The van der Waals surface area contributed by atoms with Crippen molar-refractivity contribution >= 4 is 11.6 Å². The molecule has 0 aliphatic rings. The van der Waals surface area contributed by atoms with E-state index in [1.165, 1.54) is 0 Å². The van der Waals surface area contributed by atoms with Crippen LogP contribution in [-0.2, 0) is 11.2 Å². The smallest absolute Gasteiger partial charge is 0.250 e. The van der Waals surface area contributed by atoms with E-state index < -0.39 is 0 Å². The van der Waals surface area contributed by atoms with Crippen LogP contribution < -0.4 is 5.32 Å². The molecule has 0 spiro atoms. The fraction of sp³-hybridized carbons (Fsp3) is 0.308. The first-order chi connectivity index (χ1) is 7.67. The highest BCUT2D eigenvalue weighted by molar-refractivity contribution is 6.03. The summed E-state index contributed by atoms with van der Waals surface area (Å²) in [5.41, 5.74) is 2.52. The van der Waals surface area contributed by atoms with Crippen LogP contribution in [0.2, 0.25) is 0 Å². The van der Waals surface area contributed by atoms with E-state index in [1.54, 1.807) is 13.0 Å². The largest absolute Gasteiger partial charge is 0.396 e. The summed E-state index contributed by atoms with van der Waals surface area (Å²) in [6.07, 6.45) is 2.41. The fourth-order valence-corrected chi connectivity index (χ4v) is 1.24. The molecule has 3 heteroatoms. The summed E-state index contributed by atoms with van der Waals surface area (Å²) < 4.78 is 0. The molecule has 0 aliphatic heterocycles. The predicted octanol–water partition coefficient (Wildman–Crippen LogP) is 2.13. The lowest BCUT2D eigenvalue weighted by Crippen LogP contribution is -2.12. The average molecular weight is 219 g/mol. The number of anilines is 1. The van der Waals surface area contributed by atoms with Gasteiger partial charge in [-0.2, -0.15) is 0 Å². The molecule has 3 nitrogen and oxygen atoms in total.